The summed E-state index contributed by atoms with van der Waals surface area (Å²) < 4.78 is 7.29. The molecule has 0 spiro atoms. The number of aliphatic hydroxyl groups excluding tert-OH is 1. The Labute approximate surface area is 150 Å². The van der Waals surface area contributed by atoms with Crippen molar-refractivity contribution < 1.29 is 14.4 Å². The molecule has 134 valence electrons. The van der Waals surface area contributed by atoms with E-state index in [-0.39, 0.29) is 30.3 Å². The summed E-state index contributed by atoms with van der Waals surface area (Å²) in [5, 5.41) is 16.3. The van der Waals surface area contributed by atoms with Gasteiger partial charge >= 0.3 is 0 Å². The average molecular weight is 352 g/mol. The first kappa shape index (κ1) is 16.5. The van der Waals surface area contributed by atoms with Crippen LogP contribution in [0.1, 0.15) is 41.5 Å². The fourth-order valence-electron chi connectivity index (χ4n) is 3.50. The molecule has 1 amide bonds. The summed E-state index contributed by atoms with van der Waals surface area (Å²) in [4.78, 5) is 16.6. The Morgan fingerprint density at radius 2 is 2.15 bits per heavy atom. The molecule has 2 atom stereocenters. The van der Waals surface area contributed by atoms with Gasteiger partial charge in [0.25, 0.3) is 5.91 Å². The summed E-state index contributed by atoms with van der Waals surface area (Å²) in [5.74, 6) is 0.348. The molecule has 0 saturated heterocycles. The zero-order valence-corrected chi connectivity index (χ0v) is 14.2. The molecule has 1 saturated carbocycles. The van der Waals surface area contributed by atoms with E-state index in [4.69, 9.17) is 4.52 Å². The van der Waals surface area contributed by atoms with Crippen molar-refractivity contribution in [1.82, 2.24) is 20.0 Å². The number of rotatable bonds is 5. The third-order valence-corrected chi connectivity index (χ3v) is 4.84. The minimum absolute atomic E-state index is 0.0330. The van der Waals surface area contributed by atoms with E-state index >= 15 is 0 Å². The number of amides is 1. The first-order valence-corrected chi connectivity index (χ1v) is 8.69. The number of imidazole rings is 1. The molecular weight excluding hydrogens is 332 g/mol. The van der Waals surface area contributed by atoms with E-state index in [1.807, 2.05) is 34.9 Å². The molecule has 1 aliphatic carbocycles. The molecule has 0 aliphatic heterocycles. The lowest BCUT2D eigenvalue weighted by molar-refractivity contribution is 0.0928. The van der Waals surface area contributed by atoms with Gasteiger partial charge in [0.1, 0.15) is 0 Å². The van der Waals surface area contributed by atoms with Crippen LogP contribution >= 0.6 is 0 Å². The van der Waals surface area contributed by atoms with Gasteiger partial charge in [0.05, 0.1) is 24.8 Å². The summed E-state index contributed by atoms with van der Waals surface area (Å²) in [6, 6.07) is 11.5. The first-order valence-electron chi connectivity index (χ1n) is 8.69. The quantitative estimate of drug-likeness (QED) is 0.736. The second-order valence-electron chi connectivity index (χ2n) is 6.53. The lowest BCUT2D eigenvalue weighted by Gasteiger charge is -2.15. The van der Waals surface area contributed by atoms with Gasteiger partial charge < -0.3 is 19.5 Å². The number of benzene rings is 1. The lowest BCUT2D eigenvalue weighted by Crippen LogP contribution is -2.33. The number of hydrogen-bond acceptors (Lipinski definition) is 5. The van der Waals surface area contributed by atoms with Crippen molar-refractivity contribution in [3.8, 4) is 11.3 Å². The zero-order chi connectivity index (χ0) is 17.9. The fraction of sp³-hybridized carbons (Fsp3) is 0.316. The number of nitrogens with one attached hydrogen (secondary N) is 1. The molecule has 26 heavy (non-hydrogen) atoms. The van der Waals surface area contributed by atoms with Crippen molar-refractivity contribution in [3.63, 3.8) is 0 Å². The third-order valence-electron chi connectivity index (χ3n) is 4.84. The van der Waals surface area contributed by atoms with Crippen molar-refractivity contribution in [3.05, 3.63) is 60.3 Å². The van der Waals surface area contributed by atoms with Crippen molar-refractivity contribution in [2.24, 2.45) is 0 Å². The summed E-state index contributed by atoms with van der Waals surface area (Å²) in [6.45, 7) is -0.0330. The number of aromatic nitrogens is 3. The molecular formula is C19H20N4O3. The summed E-state index contributed by atoms with van der Waals surface area (Å²) in [7, 11) is 0. The third kappa shape index (κ3) is 3.25. The predicted octanol–water partition coefficient (Wildman–Crippen LogP) is 2.55. The molecule has 4 rings (SSSR count). The Hall–Kier alpha value is -2.93. The van der Waals surface area contributed by atoms with E-state index in [2.05, 4.69) is 15.5 Å². The second kappa shape index (κ2) is 7.13. The Morgan fingerprint density at radius 1 is 1.31 bits per heavy atom. The lowest BCUT2D eigenvalue weighted by atomic mass is 10.1. The largest absolute Gasteiger partial charge is 0.390 e. The molecule has 7 heteroatoms. The monoisotopic (exact) mass is 352 g/mol. The molecule has 3 aromatic rings. The van der Waals surface area contributed by atoms with Gasteiger partial charge in [0.15, 0.2) is 11.5 Å². The minimum atomic E-state index is -0.227. The predicted molar refractivity (Wildman–Crippen MR) is 94.2 cm³/mol. The van der Waals surface area contributed by atoms with Gasteiger partial charge in [0, 0.05) is 23.7 Å². The van der Waals surface area contributed by atoms with Gasteiger partial charge in [-0.2, -0.15) is 0 Å². The highest BCUT2D eigenvalue weighted by atomic mass is 16.5. The topological polar surface area (TPSA) is 93.2 Å². The van der Waals surface area contributed by atoms with E-state index in [1.54, 1.807) is 18.6 Å². The summed E-state index contributed by atoms with van der Waals surface area (Å²) in [6.07, 6.45) is 6.03. The van der Waals surface area contributed by atoms with Gasteiger partial charge in [-0.3, -0.25) is 4.79 Å². The van der Waals surface area contributed by atoms with Gasteiger partial charge in [-0.25, -0.2) is 4.98 Å². The van der Waals surface area contributed by atoms with Gasteiger partial charge in [-0.15, -0.1) is 0 Å². The van der Waals surface area contributed by atoms with E-state index in [0.717, 1.165) is 30.5 Å². The van der Waals surface area contributed by atoms with Crippen LogP contribution in [-0.2, 0) is 6.61 Å². The van der Waals surface area contributed by atoms with E-state index in [9.17, 15) is 9.90 Å². The van der Waals surface area contributed by atoms with Gasteiger partial charge in [-0.1, -0.05) is 35.5 Å². The van der Waals surface area contributed by atoms with Crippen LogP contribution in [-0.4, -0.2) is 31.8 Å². The van der Waals surface area contributed by atoms with E-state index in [1.165, 1.54) is 0 Å². The van der Waals surface area contributed by atoms with Crippen LogP contribution in [0.2, 0.25) is 0 Å². The molecule has 7 nitrogen and oxygen atoms in total. The molecule has 2 N–H and O–H groups in total. The van der Waals surface area contributed by atoms with Crippen LogP contribution in [0.3, 0.4) is 0 Å². The molecule has 0 radical (unpaired) electrons. The van der Waals surface area contributed by atoms with Crippen LogP contribution < -0.4 is 5.32 Å². The fourth-order valence-corrected chi connectivity index (χ4v) is 3.50. The van der Waals surface area contributed by atoms with Crippen molar-refractivity contribution in [1.29, 1.82) is 0 Å². The maximum atomic E-state index is 12.5. The van der Waals surface area contributed by atoms with Crippen LogP contribution in [0, 0.1) is 0 Å². The highest BCUT2D eigenvalue weighted by Crippen LogP contribution is 2.31. The minimum Gasteiger partial charge on any atom is -0.390 e. The maximum absolute atomic E-state index is 12.5. The number of nitrogens with zero attached hydrogens (tertiary/aromatic N) is 3. The van der Waals surface area contributed by atoms with E-state index in [0.29, 0.717) is 5.76 Å². The Balaban J connectivity index is 1.39. The van der Waals surface area contributed by atoms with Gasteiger partial charge in [-0.05, 0) is 19.3 Å². The van der Waals surface area contributed by atoms with Crippen molar-refractivity contribution >= 4 is 5.91 Å². The van der Waals surface area contributed by atoms with Crippen LogP contribution in [0.15, 0.2) is 53.4 Å². The Kier molecular flexibility index (Phi) is 4.53. The molecule has 1 aliphatic rings. The SMILES string of the molecule is O=C(NC1CCC(n2cncc2CO)C1)c1cc(-c2ccccc2)on1. The highest BCUT2D eigenvalue weighted by molar-refractivity contribution is 5.93. The Morgan fingerprint density at radius 3 is 2.96 bits per heavy atom. The second-order valence-corrected chi connectivity index (χ2v) is 6.53. The van der Waals surface area contributed by atoms with Crippen LogP contribution in [0.5, 0.6) is 0 Å². The number of aliphatic hydroxyl groups is 1. The molecule has 2 aromatic heterocycles. The molecule has 1 fully saturated rings. The molecule has 2 unspecified atom stereocenters. The number of hydrogen-bond donors (Lipinski definition) is 2. The summed E-state index contributed by atoms with van der Waals surface area (Å²) in [5.41, 5.74) is 1.97. The van der Waals surface area contributed by atoms with Crippen LogP contribution in [0.4, 0.5) is 0 Å². The van der Waals surface area contributed by atoms with Gasteiger partial charge in [0.2, 0.25) is 0 Å². The molecule has 2 heterocycles. The molecule has 0 bridgehead atoms. The Bertz CT molecular complexity index is 887. The molecule has 1 aromatic carbocycles. The average Bonchev–Trinajstić information content (AvgIpc) is 3.42. The standard InChI is InChI=1S/C19H20N4O3/c24-11-16-10-20-12-23(16)15-7-6-14(8-15)21-19(25)17-9-18(26-22-17)13-4-2-1-3-5-13/h1-5,9-10,12,14-15,24H,6-8,11H2,(H,21,25). The zero-order valence-electron chi connectivity index (χ0n) is 14.2. The van der Waals surface area contributed by atoms with Crippen molar-refractivity contribution in [2.45, 2.75) is 38.0 Å². The highest BCUT2D eigenvalue weighted by Gasteiger charge is 2.29. The first-order chi connectivity index (χ1) is 12.7. The number of carbonyl (C=O) groups is 1. The van der Waals surface area contributed by atoms with Crippen LogP contribution in [0.25, 0.3) is 11.3 Å². The number of carbonyl (C=O) groups excluding carboxylic acids is 1. The van der Waals surface area contributed by atoms with E-state index < -0.39 is 0 Å². The maximum Gasteiger partial charge on any atom is 0.273 e. The summed E-state index contributed by atoms with van der Waals surface area (Å²) >= 11 is 0. The van der Waals surface area contributed by atoms with Crippen molar-refractivity contribution in [2.75, 3.05) is 0 Å². The smallest absolute Gasteiger partial charge is 0.273 e. The normalized spacial score (nSPS) is 19.6.